The summed E-state index contributed by atoms with van der Waals surface area (Å²) in [7, 11) is -3.80. The molecule has 1 amide bonds. The summed E-state index contributed by atoms with van der Waals surface area (Å²) in [5, 5.41) is 20.2. The summed E-state index contributed by atoms with van der Waals surface area (Å²) in [5.41, 5.74) is 7.39. The number of aliphatic carboxylic acids is 2. The van der Waals surface area contributed by atoms with Crippen molar-refractivity contribution >= 4 is 33.6 Å². The quantitative estimate of drug-likeness (QED) is 0.230. The monoisotopic (exact) mass is 597 g/mol. The number of hydrogen-bond donors (Lipinski definition) is 5. The Hall–Kier alpha value is -4.22. The SMILES string of the molecule is CC(C)(C)c1ccc(S(=O)(=O)Nc2ccc(C(=O)N[C@@H](Cc3ccccc3)C(=O)O)cc2)cc1.CC(C)[C@H](N)C(=O)O. The molecule has 0 saturated carbocycles. The first-order valence-electron chi connectivity index (χ1n) is 13.3. The van der Waals surface area contributed by atoms with Crippen molar-refractivity contribution in [1.29, 1.82) is 0 Å². The Balaban J connectivity index is 0.000000675. The van der Waals surface area contributed by atoms with E-state index in [-0.39, 0.29) is 33.9 Å². The third-order valence-corrected chi connectivity index (χ3v) is 7.72. The molecule has 0 saturated heterocycles. The Morgan fingerprint density at radius 1 is 0.833 bits per heavy atom. The number of amides is 1. The molecule has 0 unspecified atom stereocenters. The van der Waals surface area contributed by atoms with Crippen LogP contribution in [0.2, 0.25) is 0 Å². The van der Waals surface area contributed by atoms with Crippen LogP contribution in [-0.2, 0) is 31.4 Å². The van der Waals surface area contributed by atoms with E-state index in [4.69, 9.17) is 10.8 Å². The largest absolute Gasteiger partial charge is 0.480 e. The number of nitrogens with one attached hydrogen (secondary N) is 2. The molecule has 0 fully saturated rings. The number of anilines is 1. The average Bonchev–Trinajstić information content (AvgIpc) is 2.92. The zero-order chi connectivity index (χ0) is 31.7. The van der Waals surface area contributed by atoms with Crippen LogP contribution in [0.25, 0.3) is 0 Å². The van der Waals surface area contributed by atoms with Crippen molar-refractivity contribution in [2.75, 3.05) is 4.72 Å². The number of carboxylic acid groups (broad SMARTS) is 2. The number of benzene rings is 3. The highest BCUT2D eigenvalue weighted by Crippen LogP contribution is 2.24. The lowest BCUT2D eigenvalue weighted by atomic mass is 9.87. The van der Waals surface area contributed by atoms with Crippen molar-refractivity contribution in [2.45, 2.75) is 63.4 Å². The first kappa shape index (κ1) is 34.0. The average molecular weight is 598 g/mol. The minimum atomic E-state index is -3.80. The maximum Gasteiger partial charge on any atom is 0.326 e. The van der Waals surface area contributed by atoms with Crippen molar-refractivity contribution in [3.63, 3.8) is 0 Å². The van der Waals surface area contributed by atoms with Gasteiger partial charge in [-0.2, -0.15) is 0 Å². The van der Waals surface area contributed by atoms with Gasteiger partial charge in [-0.15, -0.1) is 0 Å². The lowest BCUT2D eigenvalue weighted by molar-refractivity contribution is -0.140. The van der Waals surface area contributed by atoms with Crippen LogP contribution in [0.1, 0.15) is 56.1 Å². The Bertz CT molecular complexity index is 1450. The van der Waals surface area contributed by atoms with Crippen LogP contribution in [0.4, 0.5) is 5.69 Å². The third-order valence-electron chi connectivity index (χ3n) is 6.32. The maximum absolute atomic E-state index is 12.7. The molecule has 0 aliphatic carbocycles. The molecule has 10 nitrogen and oxygen atoms in total. The summed E-state index contributed by atoms with van der Waals surface area (Å²) in [6, 6.07) is 19.7. The van der Waals surface area contributed by atoms with Gasteiger partial charge in [0.15, 0.2) is 0 Å². The van der Waals surface area contributed by atoms with Crippen LogP contribution in [0.5, 0.6) is 0 Å². The standard InChI is InChI=1S/C26H28N2O5S.C5H11NO2/c1-26(2,3)20-11-15-22(16-12-20)34(32,33)28-21-13-9-19(10-14-21)24(29)27-23(25(30)31)17-18-7-5-4-6-8-18;1-3(2)4(6)5(7)8/h4-16,23,28H,17H2,1-3H3,(H,27,29)(H,30,31);3-4H,6H2,1-2H3,(H,7,8)/t23-;4-/m00/s1. The van der Waals surface area contributed by atoms with Crippen LogP contribution in [-0.4, -0.2) is 48.6 Å². The van der Waals surface area contributed by atoms with Crippen LogP contribution < -0.4 is 15.8 Å². The van der Waals surface area contributed by atoms with Crippen molar-refractivity contribution in [2.24, 2.45) is 11.7 Å². The summed E-state index contributed by atoms with van der Waals surface area (Å²) < 4.78 is 27.9. The van der Waals surface area contributed by atoms with Crippen molar-refractivity contribution in [3.8, 4) is 0 Å². The normalized spacial score (nSPS) is 12.8. The lowest BCUT2D eigenvalue weighted by Gasteiger charge is -2.19. The molecule has 0 aromatic heterocycles. The molecule has 0 heterocycles. The van der Waals surface area contributed by atoms with Crippen LogP contribution >= 0.6 is 0 Å². The molecular weight excluding hydrogens is 558 g/mol. The number of hydrogen-bond acceptors (Lipinski definition) is 6. The van der Waals surface area contributed by atoms with E-state index in [1.807, 2.05) is 26.8 Å². The second-order valence-electron chi connectivity index (χ2n) is 11.1. The van der Waals surface area contributed by atoms with E-state index < -0.39 is 40.0 Å². The first-order valence-corrected chi connectivity index (χ1v) is 14.8. The summed E-state index contributed by atoms with van der Waals surface area (Å²) in [6.07, 6.45) is 0.147. The van der Waals surface area contributed by atoms with Gasteiger partial charge in [-0.1, -0.05) is 77.1 Å². The molecule has 42 heavy (non-hydrogen) atoms. The molecule has 3 aromatic carbocycles. The molecule has 0 aliphatic heterocycles. The maximum atomic E-state index is 12.7. The van der Waals surface area contributed by atoms with E-state index in [1.165, 1.54) is 24.3 Å². The molecule has 0 radical (unpaired) electrons. The number of carbonyl (C=O) groups excluding carboxylic acids is 1. The van der Waals surface area contributed by atoms with Gasteiger partial charge in [0.05, 0.1) is 4.90 Å². The minimum absolute atomic E-state index is 0.0208. The molecule has 226 valence electrons. The number of nitrogens with two attached hydrogens (primary N) is 1. The highest BCUT2D eigenvalue weighted by Gasteiger charge is 2.22. The molecular formula is C31H39N3O7S. The molecule has 3 rings (SSSR count). The van der Waals surface area contributed by atoms with Gasteiger partial charge in [-0.3, -0.25) is 14.3 Å². The van der Waals surface area contributed by atoms with Gasteiger partial charge in [0.1, 0.15) is 12.1 Å². The molecule has 0 spiro atoms. The van der Waals surface area contributed by atoms with E-state index in [0.29, 0.717) is 0 Å². The summed E-state index contributed by atoms with van der Waals surface area (Å²) in [5.74, 6) is -2.61. The van der Waals surface area contributed by atoms with Crippen LogP contribution in [0, 0.1) is 5.92 Å². The molecule has 2 atom stereocenters. The van der Waals surface area contributed by atoms with Crippen LogP contribution in [0.3, 0.4) is 0 Å². The van der Waals surface area contributed by atoms with Crippen molar-refractivity contribution in [1.82, 2.24) is 5.32 Å². The van der Waals surface area contributed by atoms with Gasteiger partial charge < -0.3 is 21.3 Å². The fourth-order valence-corrected chi connectivity index (χ4v) is 4.67. The van der Waals surface area contributed by atoms with E-state index in [1.54, 1.807) is 62.4 Å². The van der Waals surface area contributed by atoms with Crippen molar-refractivity contribution < 1.29 is 33.0 Å². The van der Waals surface area contributed by atoms with Gasteiger partial charge in [0, 0.05) is 17.7 Å². The van der Waals surface area contributed by atoms with E-state index in [9.17, 15) is 27.9 Å². The zero-order valence-corrected chi connectivity index (χ0v) is 25.2. The number of carboxylic acids is 2. The fourth-order valence-electron chi connectivity index (χ4n) is 3.61. The second kappa shape index (κ2) is 14.6. The highest BCUT2D eigenvalue weighted by atomic mass is 32.2. The van der Waals surface area contributed by atoms with Crippen LogP contribution in [0.15, 0.2) is 83.8 Å². The molecule has 6 N–H and O–H groups in total. The van der Waals surface area contributed by atoms with E-state index >= 15 is 0 Å². The fraction of sp³-hybridized carbons (Fsp3) is 0.323. The summed E-state index contributed by atoms with van der Waals surface area (Å²) in [4.78, 5) is 34.3. The molecule has 0 bridgehead atoms. The van der Waals surface area contributed by atoms with Gasteiger partial charge in [0.2, 0.25) is 0 Å². The predicted octanol–water partition coefficient (Wildman–Crippen LogP) is 4.26. The topological polar surface area (TPSA) is 176 Å². The Morgan fingerprint density at radius 2 is 1.38 bits per heavy atom. The second-order valence-corrected chi connectivity index (χ2v) is 12.8. The predicted molar refractivity (Wildman–Crippen MR) is 162 cm³/mol. The van der Waals surface area contributed by atoms with Gasteiger partial charge in [0.25, 0.3) is 15.9 Å². The number of carbonyl (C=O) groups is 3. The lowest BCUT2D eigenvalue weighted by Crippen LogP contribution is -2.42. The van der Waals surface area contributed by atoms with Gasteiger partial charge in [-0.05, 0) is 58.9 Å². The zero-order valence-electron chi connectivity index (χ0n) is 24.4. The summed E-state index contributed by atoms with van der Waals surface area (Å²) in [6.45, 7) is 9.70. The Labute approximate surface area is 247 Å². The molecule has 0 aliphatic rings. The van der Waals surface area contributed by atoms with E-state index in [0.717, 1.165) is 11.1 Å². The molecule has 3 aromatic rings. The first-order chi connectivity index (χ1) is 19.5. The third kappa shape index (κ3) is 10.3. The van der Waals surface area contributed by atoms with Crippen molar-refractivity contribution in [3.05, 3.63) is 95.6 Å². The van der Waals surface area contributed by atoms with Gasteiger partial charge in [-0.25, -0.2) is 13.2 Å². The van der Waals surface area contributed by atoms with E-state index in [2.05, 4.69) is 10.0 Å². The highest BCUT2D eigenvalue weighted by molar-refractivity contribution is 7.92. The number of sulfonamides is 1. The number of rotatable bonds is 10. The smallest absolute Gasteiger partial charge is 0.326 e. The Kier molecular flexibility index (Phi) is 11.8. The Morgan fingerprint density at radius 3 is 1.81 bits per heavy atom. The summed E-state index contributed by atoms with van der Waals surface area (Å²) >= 11 is 0. The minimum Gasteiger partial charge on any atom is -0.480 e. The molecule has 11 heteroatoms. The van der Waals surface area contributed by atoms with Gasteiger partial charge >= 0.3 is 11.9 Å².